The van der Waals surface area contributed by atoms with E-state index in [0.717, 1.165) is 54.0 Å². The molecule has 2 heterocycles. The minimum absolute atomic E-state index is 0.0834. The lowest BCUT2D eigenvalue weighted by molar-refractivity contribution is 0.0933. The van der Waals surface area contributed by atoms with Gasteiger partial charge in [-0.15, -0.1) is 0 Å². The van der Waals surface area contributed by atoms with Gasteiger partial charge >= 0.3 is 0 Å². The Balaban J connectivity index is 1.37. The summed E-state index contributed by atoms with van der Waals surface area (Å²) in [6.07, 6.45) is 5.12. The number of benzene rings is 1. The van der Waals surface area contributed by atoms with E-state index in [2.05, 4.69) is 15.5 Å². The van der Waals surface area contributed by atoms with Gasteiger partial charge in [-0.3, -0.25) is 9.89 Å². The van der Waals surface area contributed by atoms with Crippen molar-refractivity contribution in [2.75, 3.05) is 20.3 Å². The Morgan fingerprint density at radius 2 is 2.28 bits per heavy atom. The predicted octanol–water partition coefficient (Wildman–Crippen LogP) is 2.28. The third-order valence-electron chi connectivity index (χ3n) is 5.08. The molecule has 2 aliphatic rings. The number of fused-ring (bicyclic) bond motifs is 2. The third-order valence-corrected chi connectivity index (χ3v) is 5.08. The fourth-order valence-electron chi connectivity index (χ4n) is 3.66. The van der Waals surface area contributed by atoms with E-state index >= 15 is 0 Å². The van der Waals surface area contributed by atoms with Crippen LogP contribution in [-0.2, 0) is 19.3 Å². The first-order valence-corrected chi connectivity index (χ1v) is 8.88. The number of amides is 1. The molecule has 132 valence electrons. The summed E-state index contributed by atoms with van der Waals surface area (Å²) in [7, 11) is 1.65. The van der Waals surface area contributed by atoms with E-state index in [-0.39, 0.29) is 11.8 Å². The Morgan fingerprint density at radius 3 is 3.16 bits per heavy atom. The second-order valence-corrected chi connectivity index (χ2v) is 6.80. The van der Waals surface area contributed by atoms with Crippen molar-refractivity contribution >= 4 is 5.91 Å². The van der Waals surface area contributed by atoms with Crippen molar-refractivity contribution in [2.24, 2.45) is 5.92 Å². The maximum Gasteiger partial charge on any atom is 0.272 e. The van der Waals surface area contributed by atoms with E-state index in [0.29, 0.717) is 18.8 Å². The Kier molecular flexibility index (Phi) is 4.34. The highest BCUT2D eigenvalue weighted by Gasteiger charge is 2.24. The normalized spacial score (nSPS) is 18.7. The minimum Gasteiger partial charge on any atom is -0.497 e. The topological polar surface area (TPSA) is 76.2 Å². The van der Waals surface area contributed by atoms with Gasteiger partial charge in [0.15, 0.2) is 5.69 Å². The zero-order chi connectivity index (χ0) is 17.2. The third kappa shape index (κ3) is 3.21. The Bertz CT molecular complexity index is 784. The molecule has 0 unspecified atom stereocenters. The molecule has 0 spiro atoms. The highest BCUT2D eigenvalue weighted by molar-refractivity contribution is 5.94. The van der Waals surface area contributed by atoms with Crippen LogP contribution >= 0.6 is 0 Å². The molecule has 0 saturated carbocycles. The molecule has 6 heteroatoms. The standard InChI is InChI=1S/C19H23N3O3/c1-24-14-7-6-13-8-12(11-25-17(13)9-14)10-20-19(23)18-15-4-2-3-5-16(15)21-22-18/h6-7,9,12H,2-5,8,10-11H2,1H3,(H,20,23)(H,21,22)/t12-/m1/s1. The zero-order valence-corrected chi connectivity index (χ0v) is 14.4. The van der Waals surface area contributed by atoms with Crippen molar-refractivity contribution in [1.82, 2.24) is 15.5 Å². The molecule has 2 aromatic rings. The number of aromatic amines is 1. The van der Waals surface area contributed by atoms with Crippen LogP contribution in [-0.4, -0.2) is 36.4 Å². The number of methoxy groups -OCH3 is 1. The molecule has 1 aromatic carbocycles. The van der Waals surface area contributed by atoms with Gasteiger partial charge in [-0.2, -0.15) is 5.10 Å². The molecule has 0 bridgehead atoms. The maximum atomic E-state index is 12.5. The molecule has 1 aliphatic carbocycles. The molecule has 0 saturated heterocycles. The van der Waals surface area contributed by atoms with E-state index in [1.54, 1.807) is 7.11 Å². The van der Waals surface area contributed by atoms with Crippen LogP contribution in [0.15, 0.2) is 18.2 Å². The first-order valence-electron chi connectivity index (χ1n) is 8.88. The molecule has 1 amide bonds. The second-order valence-electron chi connectivity index (χ2n) is 6.80. The van der Waals surface area contributed by atoms with Gasteiger partial charge in [-0.05, 0) is 43.7 Å². The lowest BCUT2D eigenvalue weighted by atomic mass is 9.95. The molecule has 0 radical (unpaired) electrons. The summed E-state index contributed by atoms with van der Waals surface area (Å²) in [5.74, 6) is 1.86. The molecule has 4 rings (SSSR count). The van der Waals surface area contributed by atoms with Gasteiger partial charge in [0.2, 0.25) is 0 Å². The van der Waals surface area contributed by atoms with Crippen molar-refractivity contribution in [2.45, 2.75) is 32.1 Å². The molecule has 0 fully saturated rings. The number of aryl methyl sites for hydroxylation is 1. The number of nitrogens with zero attached hydrogens (tertiary/aromatic N) is 1. The monoisotopic (exact) mass is 341 g/mol. The highest BCUT2D eigenvalue weighted by Crippen LogP contribution is 2.30. The summed E-state index contributed by atoms with van der Waals surface area (Å²) in [4.78, 5) is 12.5. The SMILES string of the molecule is COc1ccc2c(c1)OC[C@@H](CNC(=O)c1n[nH]c3c1CCCC3)C2. The van der Waals surface area contributed by atoms with Crippen LogP contribution in [0.25, 0.3) is 0 Å². The highest BCUT2D eigenvalue weighted by atomic mass is 16.5. The second kappa shape index (κ2) is 6.78. The van der Waals surface area contributed by atoms with E-state index in [1.807, 2.05) is 18.2 Å². The molecule has 1 aliphatic heterocycles. The van der Waals surface area contributed by atoms with Crippen molar-refractivity contribution in [3.05, 3.63) is 40.7 Å². The van der Waals surface area contributed by atoms with Crippen molar-refractivity contribution < 1.29 is 14.3 Å². The van der Waals surface area contributed by atoms with Crippen molar-refractivity contribution in [1.29, 1.82) is 0 Å². The van der Waals surface area contributed by atoms with Crippen molar-refractivity contribution in [3.8, 4) is 11.5 Å². The fraction of sp³-hybridized carbons (Fsp3) is 0.474. The maximum absolute atomic E-state index is 12.5. The fourth-order valence-corrected chi connectivity index (χ4v) is 3.66. The molecule has 1 aromatic heterocycles. The lowest BCUT2D eigenvalue weighted by Gasteiger charge is -2.25. The number of rotatable bonds is 4. The summed E-state index contributed by atoms with van der Waals surface area (Å²) in [6.45, 7) is 1.19. The molecular formula is C19H23N3O3. The molecule has 25 heavy (non-hydrogen) atoms. The van der Waals surface area contributed by atoms with Crippen molar-refractivity contribution in [3.63, 3.8) is 0 Å². The zero-order valence-electron chi connectivity index (χ0n) is 14.4. The van der Waals surface area contributed by atoms with Crippen LogP contribution < -0.4 is 14.8 Å². The predicted molar refractivity (Wildman–Crippen MR) is 93.2 cm³/mol. The van der Waals surface area contributed by atoms with E-state index in [9.17, 15) is 4.79 Å². The number of ether oxygens (including phenoxy) is 2. The summed E-state index contributed by atoms with van der Waals surface area (Å²) < 4.78 is 11.1. The first-order chi connectivity index (χ1) is 12.2. The summed E-state index contributed by atoms with van der Waals surface area (Å²) in [5.41, 5.74) is 3.95. The summed E-state index contributed by atoms with van der Waals surface area (Å²) in [5, 5.41) is 10.3. The number of hydrogen-bond acceptors (Lipinski definition) is 4. The van der Waals surface area contributed by atoms with E-state index < -0.39 is 0 Å². The minimum atomic E-state index is -0.0834. The van der Waals surface area contributed by atoms with Gasteiger partial charge < -0.3 is 14.8 Å². The number of carbonyl (C=O) groups excluding carboxylic acids is 1. The van der Waals surface area contributed by atoms with Gasteiger partial charge in [0.1, 0.15) is 11.5 Å². The van der Waals surface area contributed by atoms with Crippen LogP contribution in [0.2, 0.25) is 0 Å². The van der Waals surface area contributed by atoms with Gasteiger partial charge in [-0.1, -0.05) is 6.07 Å². The Labute approximate surface area is 146 Å². The summed E-state index contributed by atoms with van der Waals surface area (Å²) >= 11 is 0. The lowest BCUT2D eigenvalue weighted by Crippen LogP contribution is -2.35. The summed E-state index contributed by atoms with van der Waals surface area (Å²) in [6, 6.07) is 5.89. The molecule has 2 N–H and O–H groups in total. The molecule has 1 atom stereocenters. The van der Waals surface area contributed by atoms with E-state index in [4.69, 9.17) is 9.47 Å². The van der Waals surface area contributed by atoms with Crippen LogP contribution in [0.4, 0.5) is 0 Å². The van der Waals surface area contributed by atoms with Gasteiger partial charge in [0, 0.05) is 29.8 Å². The van der Waals surface area contributed by atoms with Crippen LogP contribution in [0, 0.1) is 5.92 Å². The Morgan fingerprint density at radius 1 is 1.40 bits per heavy atom. The quantitative estimate of drug-likeness (QED) is 0.894. The molecule has 6 nitrogen and oxygen atoms in total. The average Bonchev–Trinajstić information content (AvgIpc) is 3.09. The van der Waals surface area contributed by atoms with Crippen LogP contribution in [0.5, 0.6) is 11.5 Å². The number of H-pyrrole nitrogens is 1. The smallest absolute Gasteiger partial charge is 0.272 e. The van der Waals surface area contributed by atoms with Gasteiger partial charge in [0.25, 0.3) is 5.91 Å². The number of nitrogens with one attached hydrogen (secondary N) is 2. The largest absolute Gasteiger partial charge is 0.497 e. The van der Waals surface area contributed by atoms with Gasteiger partial charge in [0.05, 0.1) is 13.7 Å². The van der Waals surface area contributed by atoms with E-state index in [1.165, 1.54) is 6.42 Å². The van der Waals surface area contributed by atoms with Gasteiger partial charge in [-0.25, -0.2) is 0 Å². The van der Waals surface area contributed by atoms with Crippen LogP contribution in [0.3, 0.4) is 0 Å². The molecular weight excluding hydrogens is 318 g/mol. The van der Waals surface area contributed by atoms with Crippen LogP contribution in [0.1, 0.15) is 40.2 Å². The number of carbonyl (C=O) groups is 1. The number of hydrogen-bond donors (Lipinski definition) is 2. The first kappa shape index (κ1) is 16.0. The Hall–Kier alpha value is -2.50. The number of aromatic nitrogens is 2. The average molecular weight is 341 g/mol.